The summed E-state index contributed by atoms with van der Waals surface area (Å²) < 4.78 is 11.4. The zero-order valence-electron chi connectivity index (χ0n) is 14.8. The molecule has 0 N–H and O–H groups in total. The highest BCUT2D eigenvalue weighted by molar-refractivity contribution is 5.46. The smallest absolute Gasteiger partial charge is 0.119 e. The van der Waals surface area contributed by atoms with E-state index in [4.69, 9.17) is 9.47 Å². The summed E-state index contributed by atoms with van der Waals surface area (Å²) in [6.07, 6.45) is 1.20. The van der Waals surface area contributed by atoms with Gasteiger partial charge in [-0.1, -0.05) is 36.4 Å². The van der Waals surface area contributed by atoms with Crippen LogP contribution < -0.4 is 9.64 Å². The highest BCUT2D eigenvalue weighted by Crippen LogP contribution is 2.15. The summed E-state index contributed by atoms with van der Waals surface area (Å²) in [5.41, 5.74) is 1.33. The molecule has 1 saturated heterocycles. The second-order valence-corrected chi connectivity index (χ2v) is 6.29. The summed E-state index contributed by atoms with van der Waals surface area (Å²) in [6, 6.07) is 20.6. The summed E-state index contributed by atoms with van der Waals surface area (Å²) >= 11 is 0. The standard InChI is InChI=1S/C21H28N2O2/c1-3-8-20(9-4-1)23-13-7-12-22(14-15-23)16-17-24-18-19-25-21-10-5-2-6-11-21/h1-6,8-11H,7,12-19H2. The lowest BCUT2D eigenvalue weighted by molar-refractivity contribution is 0.0811. The zero-order chi connectivity index (χ0) is 17.2. The molecule has 0 amide bonds. The monoisotopic (exact) mass is 340 g/mol. The molecule has 1 aliphatic heterocycles. The van der Waals surface area contributed by atoms with E-state index in [1.807, 2.05) is 30.3 Å². The number of anilines is 1. The molecular formula is C21H28N2O2. The third kappa shape index (κ3) is 6.07. The molecular weight excluding hydrogens is 312 g/mol. The van der Waals surface area contributed by atoms with Gasteiger partial charge in [-0.2, -0.15) is 0 Å². The molecule has 0 radical (unpaired) electrons. The van der Waals surface area contributed by atoms with Crippen molar-refractivity contribution in [2.75, 3.05) is 57.4 Å². The molecule has 134 valence electrons. The van der Waals surface area contributed by atoms with E-state index in [1.165, 1.54) is 12.1 Å². The van der Waals surface area contributed by atoms with E-state index in [0.29, 0.717) is 13.2 Å². The van der Waals surface area contributed by atoms with Crippen molar-refractivity contribution in [3.05, 3.63) is 60.7 Å². The van der Waals surface area contributed by atoms with Crippen LogP contribution in [0.25, 0.3) is 0 Å². The Hall–Kier alpha value is -2.04. The predicted octanol–water partition coefficient (Wildman–Crippen LogP) is 3.29. The van der Waals surface area contributed by atoms with Gasteiger partial charge >= 0.3 is 0 Å². The van der Waals surface area contributed by atoms with E-state index in [2.05, 4.69) is 40.1 Å². The molecule has 0 aromatic heterocycles. The number of nitrogens with zero attached hydrogens (tertiary/aromatic N) is 2. The number of rotatable bonds is 8. The fourth-order valence-electron chi connectivity index (χ4n) is 3.12. The van der Waals surface area contributed by atoms with E-state index in [0.717, 1.165) is 45.1 Å². The first-order chi connectivity index (χ1) is 12.4. The normalized spacial score (nSPS) is 15.8. The Kier molecular flexibility index (Phi) is 7.16. The minimum Gasteiger partial charge on any atom is -0.491 e. The Bertz CT molecular complexity index is 591. The molecule has 4 nitrogen and oxygen atoms in total. The molecule has 0 atom stereocenters. The van der Waals surface area contributed by atoms with Crippen molar-refractivity contribution in [2.24, 2.45) is 0 Å². The van der Waals surface area contributed by atoms with Gasteiger partial charge in [0.05, 0.1) is 13.2 Å². The number of hydrogen-bond acceptors (Lipinski definition) is 4. The summed E-state index contributed by atoms with van der Waals surface area (Å²) in [4.78, 5) is 4.98. The van der Waals surface area contributed by atoms with E-state index in [1.54, 1.807) is 0 Å². The van der Waals surface area contributed by atoms with Gasteiger partial charge in [-0.15, -0.1) is 0 Å². The largest absolute Gasteiger partial charge is 0.491 e. The molecule has 4 heteroatoms. The van der Waals surface area contributed by atoms with Crippen LogP contribution >= 0.6 is 0 Å². The summed E-state index contributed by atoms with van der Waals surface area (Å²) in [5, 5.41) is 0. The highest BCUT2D eigenvalue weighted by atomic mass is 16.5. The first-order valence-corrected chi connectivity index (χ1v) is 9.20. The molecule has 2 aromatic carbocycles. The van der Waals surface area contributed by atoms with Gasteiger partial charge in [-0.05, 0) is 37.2 Å². The van der Waals surface area contributed by atoms with Crippen molar-refractivity contribution in [3.63, 3.8) is 0 Å². The Balaban J connectivity index is 1.29. The lowest BCUT2D eigenvalue weighted by atomic mass is 10.3. The van der Waals surface area contributed by atoms with Gasteiger partial charge in [0.15, 0.2) is 0 Å². The lowest BCUT2D eigenvalue weighted by Crippen LogP contribution is -2.33. The Morgan fingerprint density at radius 1 is 0.720 bits per heavy atom. The molecule has 1 heterocycles. The van der Waals surface area contributed by atoms with E-state index < -0.39 is 0 Å². The number of ether oxygens (including phenoxy) is 2. The summed E-state index contributed by atoms with van der Waals surface area (Å²) in [5.74, 6) is 0.902. The SMILES string of the molecule is c1ccc(OCCOCCN2CCCN(c3ccccc3)CC2)cc1. The van der Waals surface area contributed by atoms with Crippen LogP contribution in [-0.4, -0.2) is 57.4 Å². The van der Waals surface area contributed by atoms with Crippen LogP contribution in [0.3, 0.4) is 0 Å². The molecule has 0 aliphatic carbocycles. The van der Waals surface area contributed by atoms with Gasteiger partial charge in [0.1, 0.15) is 12.4 Å². The molecule has 0 unspecified atom stereocenters. The maximum absolute atomic E-state index is 5.73. The van der Waals surface area contributed by atoms with Crippen LogP contribution in [0.1, 0.15) is 6.42 Å². The molecule has 25 heavy (non-hydrogen) atoms. The topological polar surface area (TPSA) is 24.9 Å². The van der Waals surface area contributed by atoms with Crippen molar-refractivity contribution >= 4 is 5.69 Å². The van der Waals surface area contributed by atoms with Gasteiger partial charge in [-0.3, -0.25) is 4.90 Å². The molecule has 2 aromatic rings. The average molecular weight is 340 g/mol. The fourth-order valence-corrected chi connectivity index (χ4v) is 3.12. The molecule has 0 saturated carbocycles. The van der Waals surface area contributed by atoms with Gasteiger partial charge in [0.25, 0.3) is 0 Å². The minimum absolute atomic E-state index is 0.603. The van der Waals surface area contributed by atoms with Crippen molar-refractivity contribution in [1.82, 2.24) is 4.90 Å². The van der Waals surface area contributed by atoms with E-state index in [9.17, 15) is 0 Å². The van der Waals surface area contributed by atoms with Crippen LogP contribution in [0, 0.1) is 0 Å². The molecule has 3 rings (SSSR count). The van der Waals surface area contributed by atoms with Crippen molar-refractivity contribution in [2.45, 2.75) is 6.42 Å². The average Bonchev–Trinajstić information content (AvgIpc) is 2.92. The fraction of sp³-hybridized carbons (Fsp3) is 0.429. The number of para-hydroxylation sites is 2. The Labute approximate surface area is 151 Å². The molecule has 1 fully saturated rings. The van der Waals surface area contributed by atoms with Crippen molar-refractivity contribution < 1.29 is 9.47 Å². The Morgan fingerprint density at radius 2 is 1.48 bits per heavy atom. The second kappa shape index (κ2) is 10.1. The summed E-state index contributed by atoms with van der Waals surface area (Å²) in [6.45, 7) is 7.46. The van der Waals surface area contributed by atoms with Crippen LogP contribution in [0.5, 0.6) is 5.75 Å². The van der Waals surface area contributed by atoms with Gasteiger partial charge in [0.2, 0.25) is 0 Å². The highest BCUT2D eigenvalue weighted by Gasteiger charge is 2.14. The maximum Gasteiger partial charge on any atom is 0.119 e. The van der Waals surface area contributed by atoms with E-state index in [-0.39, 0.29) is 0 Å². The lowest BCUT2D eigenvalue weighted by Gasteiger charge is -2.23. The predicted molar refractivity (Wildman–Crippen MR) is 102 cm³/mol. The van der Waals surface area contributed by atoms with Crippen LogP contribution in [-0.2, 0) is 4.74 Å². The third-order valence-electron chi connectivity index (χ3n) is 4.50. The van der Waals surface area contributed by atoms with Gasteiger partial charge < -0.3 is 14.4 Å². The first kappa shape index (κ1) is 17.8. The van der Waals surface area contributed by atoms with Crippen molar-refractivity contribution in [1.29, 1.82) is 0 Å². The van der Waals surface area contributed by atoms with Crippen LogP contribution in [0.4, 0.5) is 5.69 Å². The molecule has 0 spiro atoms. The molecule has 1 aliphatic rings. The maximum atomic E-state index is 5.73. The quantitative estimate of drug-likeness (QED) is 0.689. The van der Waals surface area contributed by atoms with Crippen molar-refractivity contribution in [3.8, 4) is 5.75 Å². The molecule has 0 bridgehead atoms. The number of hydrogen-bond donors (Lipinski definition) is 0. The first-order valence-electron chi connectivity index (χ1n) is 9.20. The van der Waals surface area contributed by atoms with Gasteiger partial charge in [-0.25, -0.2) is 0 Å². The van der Waals surface area contributed by atoms with Crippen LogP contribution in [0.2, 0.25) is 0 Å². The summed E-state index contributed by atoms with van der Waals surface area (Å²) in [7, 11) is 0. The Morgan fingerprint density at radius 3 is 2.28 bits per heavy atom. The second-order valence-electron chi connectivity index (χ2n) is 6.29. The van der Waals surface area contributed by atoms with E-state index >= 15 is 0 Å². The number of benzene rings is 2. The van der Waals surface area contributed by atoms with Gasteiger partial charge in [0, 0.05) is 31.9 Å². The minimum atomic E-state index is 0.603. The zero-order valence-corrected chi connectivity index (χ0v) is 14.8. The van der Waals surface area contributed by atoms with Crippen LogP contribution in [0.15, 0.2) is 60.7 Å². The third-order valence-corrected chi connectivity index (χ3v) is 4.50.